The lowest BCUT2D eigenvalue weighted by molar-refractivity contribution is -0.123. The van der Waals surface area contributed by atoms with E-state index in [1.165, 1.54) is 11.8 Å². The second-order valence-electron chi connectivity index (χ2n) is 7.21. The number of aromatic nitrogens is 2. The van der Waals surface area contributed by atoms with Gasteiger partial charge in [0.2, 0.25) is 11.8 Å². The van der Waals surface area contributed by atoms with E-state index in [0.29, 0.717) is 21.6 Å². The lowest BCUT2D eigenvalue weighted by atomic mass is 9.92. The highest BCUT2D eigenvalue weighted by molar-refractivity contribution is 7.98. The largest absolute Gasteiger partial charge is 0.326 e. The summed E-state index contributed by atoms with van der Waals surface area (Å²) < 4.78 is 0. The first kappa shape index (κ1) is 21.1. The number of halogens is 1. The van der Waals surface area contributed by atoms with Gasteiger partial charge in [-0.3, -0.25) is 14.4 Å². The average molecular weight is 455 g/mol. The Bertz CT molecular complexity index is 1210. The van der Waals surface area contributed by atoms with Crippen molar-refractivity contribution in [2.75, 3.05) is 10.6 Å². The van der Waals surface area contributed by atoms with E-state index >= 15 is 0 Å². The van der Waals surface area contributed by atoms with Crippen LogP contribution in [0.15, 0.2) is 58.5 Å². The standard InChI is InChI=1S/C22H19ClN4O3S/c1-12-3-2-4-15(9-12)24-20(29)16-10-17(28)25-19-18(16)21(30)27-22(26-19)31-11-13-5-7-14(23)8-6-13/h2-9,16H,10-11H2,1H3,(H,24,29)(H2,25,26,27,28,30)/t16-/m1/s1. The number of aryl methyl sites for hydroxylation is 1. The third kappa shape index (κ3) is 4.98. The Kier molecular flexibility index (Phi) is 6.11. The van der Waals surface area contributed by atoms with Crippen LogP contribution in [0.2, 0.25) is 5.02 Å². The zero-order chi connectivity index (χ0) is 22.0. The fourth-order valence-electron chi connectivity index (χ4n) is 3.33. The fraction of sp³-hybridized carbons (Fsp3) is 0.182. The van der Waals surface area contributed by atoms with Gasteiger partial charge in [-0.1, -0.05) is 47.6 Å². The van der Waals surface area contributed by atoms with Crippen molar-refractivity contribution >= 4 is 46.7 Å². The molecule has 0 saturated carbocycles. The van der Waals surface area contributed by atoms with Crippen LogP contribution in [0.25, 0.3) is 0 Å². The number of anilines is 2. The monoisotopic (exact) mass is 454 g/mol. The van der Waals surface area contributed by atoms with Gasteiger partial charge in [0.15, 0.2) is 5.16 Å². The van der Waals surface area contributed by atoms with Crippen LogP contribution in [0.5, 0.6) is 0 Å². The summed E-state index contributed by atoms with van der Waals surface area (Å²) in [5, 5.41) is 6.42. The molecule has 0 fully saturated rings. The number of nitrogens with one attached hydrogen (secondary N) is 3. The molecule has 158 valence electrons. The molecule has 0 radical (unpaired) electrons. The molecule has 0 aliphatic carbocycles. The van der Waals surface area contributed by atoms with E-state index in [0.717, 1.165) is 11.1 Å². The number of rotatable bonds is 5. The summed E-state index contributed by atoms with van der Waals surface area (Å²) in [4.78, 5) is 45.0. The Labute approximate surface area is 187 Å². The fourth-order valence-corrected chi connectivity index (χ4v) is 4.27. The van der Waals surface area contributed by atoms with Crippen LogP contribution < -0.4 is 16.2 Å². The molecule has 0 saturated heterocycles. The summed E-state index contributed by atoms with van der Waals surface area (Å²) in [6, 6.07) is 14.7. The maximum Gasteiger partial charge on any atom is 0.257 e. The Morgan fingerprint density at radius 3 is 2.74 bits per heavy atom. The second kappa shape index (κ2) is 8.95. The van der Waals surface area contributed by atoms with Gasteiger partial charge >= 0.3 is 0 Å². The topological polar surface area (TPSA) is 104 Å². The van der Waals surface area contributed by atoms with E-state index in [4.69, 9.17) is 11.6 Å². The number of hydrogen-bond acceptors (Lipinski definition) is 5. The number of carbonyl (C=O) groups is 2. The summed E-state index contributed by atoms with van der Waals surface area (Å²) in [7, 11) is 0. The van der Waals surface area contributed by atoms with E-state index in [1.54, 1.807) is 18.2 Å². The van der Waals surface area contributed by atoms with Gasteiger partial charge in [0, 0.05) is 22.9 Å². The summed E-state index contributed by atoms with van der Waals surface area (Å²) in [5.74, 6) is -1.01. The molecule has 0 spiro atoms. The number of nitrogens with zero attached hydrogens (tertiary/aromatic N) is 1. The highest BCUT2D eigenvalue weighted by atomic mass is 35.5. The number of carbonyl (C=O) groups excluding carboxylic acids is 2. The summed E-state index contributed by atoms with van der Waals surface area (Å²) in [6.45, 7) is 1.91. The molecule has 1 aliphatic heterocycles. The number of H-pyrrole nitrogens is 1. The zero-order valence-corrected chi connectivity index (χ0v) is 18.1. The SMILES string of the molecule is Cc1cccc(NC(=O)[C@@H]2CC(=O)Nc3nc(SCc4ccc(Cl)cc4)[nH]c(=O)c32)c1. The molecule has 0 bridgehead atoms. The Morgan fingerprint density at radius 2 is 2.00 bits per heavy atom. The van der Waals surface area contributed by atoms with Crippen molar-refractivity contribution in [3.63, 3.8) is 0 Å². The maximum atomic E-state index is 12.9. The molecule has 2 aromatic carbocycles. The highest BCUT2D eigenvalue weighted by Crippen LogP contribution is 2.31. The quantitative estimate of drug-likeness (QED) is 0.398. The van der Waals surface area contributed by atoms with E-state index in [9.17, 15) is 14.4 Å². The summed E-state index contributed by atoms with van der Waals surface area (Å²) in [6.07, 6.45) is -0.118. The van der Waals surface area contributed by atoms with Crippen LogP contribution in [0.4, 0.5) is 11.5 Å². The highest BCUT2D eigenvalue weighted by Gasteiger charge is 2.34. The smallest absolute Gasteiger partial charge is 0.257 e. The van der Waals surface area contributed by atoms with Gasteiger partial charge in [0.05, 0.1) is 11.5 Å². The number of amides is 2. The molecule has 2 heterocycles. The minimum Gasteiger partial charge on any atom is -0.326 e. The molecule has 1 atom stereocenters. The lowest BCUT2D eigenvalue weighted by Crippen LogP contribution is -2.36. The normalized spacial score (nSPS) is 15.2. The van der Waals surface area contributed by atoms with Crippen molar-refractivity contribution < 1.29 is 9.59 Å². The minimum absolute atomic E-state index is 0.118. The molecular weight excluding hydrogens is 436 g/mol. The molecule has 9 heteroatoms. The van der Waals surface area contributed by atoms with Gasteiger partial charge in [-0.15, -0.1) is 0 Å². The summed E-state index contributed by atoms with van der Waals surface area (Å²) in [5.41, 5.74) is 2.33. The van der Waals surface area contributed by atoms with E-state index < -0.39 is 17.4 Å². The molecule has 3 N–H and O–H groups in total. The number of fused-ring (bicyclic) bond motifs is 1. The molecule has 1 aliphatic rings. The maximum absolute atomic E-state index is 12.9. The van der Waals surface area contributed by atoms with Gasteiger partial charge in [0.25, 0.3) is 5.56 Å². The van der Waals surface area contributed by atoms with Gasteiger partial charge in [-0.25, -0.2) is 4.98 Å². The first-order valence-electron chi connectivity index (χ1n) is 9.58. The number of hydrogen-bond donors (Lipinski definition) is 3. The summed E-state index contributed by atoms with van der Waals surface area (Å²) >= 11 is 7.22. The molecule has 31 heavy (non-hydrogen) atoms. The molecule has 2 amide bonds. The number of thioether (sulfide) groups is 1. The van der Waals surface area contributed by atoms with Gasteiger partial charge < -0.3 is 15.6 Å². The van der Waals surface area contributed by atoms with Crippen LogP contribution in [-0.4, -0.2) is 21.8 Å². The van der Waals surface area contributed by atoms with Crippen LogP contribution >= 0.6 is 23.4 Å². The lowest BCUT2D eigenvalue weighted by Gasteiger charge is -2.23. The van der Waals surface area contributed by atoms with Crippen LogP contribution in [0.1, 0.15) is 29.0 Å². The molecule has 7 nitrogen and oxygen atoms in total. The van der Waals surface area contributed by atoms with Crippen molar-refractivity contribution in [2.45, 2.75) is 30.2 Å². The Morgan fingerprint density at radius 1 is 1.23 bits per heavy atom. The van der Waals surface area contributed by atoms with Crippen LogP contribution in [-0.2, 0) is 15.3 Å². The predicted octanol–water partition coefficient (Wildman–Crippen LogP) is 4.09. The number of aromatic amines is 1. The molecule has 0 unspecified atom stereocenters. The predicted molar refractivity (Wildman–Crippen MR) is 122 cm³/mol. The second-order valence-corrected chi connectivity index (χ2v) is 8.61. The van der Waals surface area contributed by atoms with Crippen molar-refractivity contribution in [1.82, 2.24) is 9.97 Å². The molecule has 3 aromatic rings. The van der Waals surface area contributed by atoms with Crippen molar-refractivity contribution in [2.24, 2.45) is 0 Å². The zero-order valence-electron chi connectivity index (χ0n) is 16.6. The Hall–Kier alpha value is -3.10. The third-order valence-corrected chi connectivity index (χ3v) is 6.02. The van der Waals surface area contributed by atoms with Crippen molar-refractivity contribution in [3.05, 3.63) is 80.6 Å². The van der Waals surface area contributed by atoms with Crippen molar-refractivity contribution in [3.8, 4) is 0 Å². The van der Waals surface area contributed by atoms with E-state index in [2.05, 4.69) is 20.6 Å². The van der Waals surface area contributed by atoms with E-state index in [-0.39, 0.29) is 23.7 Å². The van der Waals surface area contributed by atoms with Gasteiger partial charge in [-0.05, 0) is 42.3 Å². The molecular formula is C22H19ClN4O3S. The van der Waals surface area contributed by atoms with Crippen molar-refractivity contribution in [1.29, 1.82) is 0 Å². The average Bonchev–Trinajstić information content (AvgIpc) is 2.72. The van der Waals surface area contributed by atoms with Gasteiger partial charge in [0.1, 0.15) is 5.82 Å². The molecule has 1 aromatic heterocycles. The van der Waals surface area contributed by atoms with E-state index in [1.807, 2.05) is 37.3 Å². The van der Waals surface area contributed by atoms with Crippen LogP contribution in [0, 0.1) is 6.92 Å². The van der Waals surface area contributed by atoms with Gasteiger partial charge in [-0.2, -0.15) is 0 Å². The molecule has 4 rings (SSSR count). The minimum atomic E-state index is -0.921. The Balaban J connectivity index is 1.57. The third-order valence-electron chi connectivity index (χ3n) is 4.82. The van der Waals surface area contributed by atoms with Crippen LogP contribution in [0.3, 0.4) is 0 Å². The first-order chi connectivity index (χ1) is 14.9. The first-order valence-corrected chi connectivity index (χ1v) is 10.9. The number of benzene rings is 2.